The average Bonchev–Trinajstić information content (AvgIpc) is 2.53. The Labute approximate surface area is 119 Å². The molecule has 1 N–H and O–H groups in total. The van der Waals surface area contributed by atoms with Crippen LogP contribution in [0.15, 0.2) is 24.3 Å². The largest absolute Gasteiger partial charge is 0.389 e. The maximum Gasteiger partial charge on any atom is 0.389 e. The number of benzene rings is 1. The molecule has 0 bridgehead atoms. The topological polar surface area (TPSA) is 49.4 Å². The number of carbonyl (C=O) groups is 2. The summed E-state index contributed by atoms with van der Waals surface area (Å²) in [6.07, 6.45) is -6.22. The van der Waals surface area contributed by atoms with Gasteiger partial charge in [0.15, 0.2) is 0 Å². The van der Waals surface area contributed by atoms with Crippen LogP contribution in [0.3, 0.4) is 0 Å². The van der Waals surface area contributed by atoms with Crippen LogP contribution in [0.5, 0.6) is 0 Å². The van der Waals surface area contributed by atoms with E-state index in [1.54, 1.807) is 24.3 Å². The van der Waals surface area contributed by atoms with E-state index in [0.29, 0.717) is 11.3 Å². The van der Waals surface area contributed by atoms with Gasteiger partial charge in [-0.15, -0.1) is 0 Å². The van der Waals surface area contributed by atoms with Gasteiger partial charge in [0.05, 0.1) is 6.42 Å². The van der Waals surface area contributed by atoms with Crippen LogP contribution in [-0.4, -0.2) is 28.9 Å². The minimum Gasteiger partial charge on any atom is -0.327 e. The summed E-state index contributed by atoms with van der Waals surface area (Å²) in [5.74, 6) is -1.08. The zero-order chi connectivity index (χ0) is 15.6. The number of nitrogens with zero attached hydrogens (tertiary/aromatic N) is 1. The van der Waals surface area contributed by atoms with Crippen molar-refractivity contribution in [2.24, 2.45) is 0 Å². The molecule has 1 aliphatic rings. The lowest BCUT2D eigenvalue weighted by molar-refractivity contribution is -0.151. The third-order valence-electron chi connectivity index (χ3n) is 3.41. The first-order valence-corrected chi connectivity index (χ1v) is 6.53. The van der Waals surface area contributed by atoms with Crippen LogP contribution in [0.1, 0.15) is 25.3 Å². The number of para-hydroxylation sites is 1. The van der Waals surface area contributed by atoms with Gasteiger partial charge < -0.3 is 10.2 Å². The Morgan fingerprint density at radius 1 is 1.38 bits per heavy atom. The highest BCUT2D eigenvalue weighted by Crippen LogP contribution is 2.26. The summed E-state index contributed by atoms with van der Waals surface area (Å²) in [6, 6.07) is 6.11. The second kappa shape index (κ2) is 5.75. The molecule has 1 aromatic rings. The van der Waals surface area contributed by atoms with Gasteiger partial charge in [-0.1, -0.05) is 18.2 Å². The fourth-order valence-corrected chi connectivity index (χ4v) is 2.18. The van der Waals surface area contributed by atoms with Gasteiger partial charge in [0.2, 0.25) is 11.8 Å². The number of amides is 2. The van der Waals surface area contributed by atoms with Crippen molar-refractivity contribution in [3.05, 3.63) is 29.8 Å². The predicted octanol–water partition coefficient (Wildman–Crippen LogP) is 2.70. The molecule has 114 valence electrons. The molecule has 2 amide bonds. The number of anilines is 1. The smallest absolute Gasteiger partial charge is 0.327 e. The summed E-state index contributed by atoms with van der Waals surface area (Å²) in [7, 11) is 0. The lowest BCUT2D eigenvalue weighted by Crippen LogP contribution is -2.43. The summed E-state index contributed by atoms with van der Waals surface area (Å²) in [5, 5.41) is 2.67. The van der Waals surface area contributed by atoms with Crippen molar-refractivity contribution in [2.45, 2.75) is 38.5 Å². The Bertz CT molecular complexity index is 557. The van der Waals surface area contributed by atoms with E-state index >= 15 is 0 Å². The monoisotopic (exact) mass is 300 g/mol. The van der Waals surface area contributed by atoms with E-state index in [4.69, 9.17) is 0 Å². The first-order valence-electron chi connectivity index (χ1n) is 6.53. The molecule has 7 heteroatoms. The van der Waals surface area contributed by atoms with E-state index in [9.17, 15) is 22.8 Å². The number of fused-ring (bicyclic) bond motifs is 1. The highest BCUT2D eigenvalue weighted by molar-refractivity contribution is 5.98. The van der Waals surface area contributed by atoms with E-state index in [-0.39, 0.29) is 6.54 Å². The standard InChI is InChI=1S/C14H15F3N2O2/c1-9-13(21)18-11-5-3-2-4-10(11)8-19(9)12(20)6-7-14(15,16)17/h2-5,9H,6-8H2,1H3,(H,18,21). The molecule has 1 atom stereocenters. The first kappa shape index (κ1) is 15.3. The number of rotatable bonds is 2. The highest BCUT2D eigenvalue weighted by atomic mass is 19.4. The van der Waals surface area contributed by atoms with Crippen molar-refractivity contribution in [1.29, 1.82) is 0 Å². The highest BCUT2D eigenvalue weighted by Gasteiger charge is 2.33. The molecular formula is C14H15F3N2O2. The molecule has 0 aliphatic carbocycles. The van der Waals surface area contributed by atoms with Gasteiger partial charge in [-0.2, -0.15) is 13.2 Å². The minimum absolute atomic E-state index is 0.118. The molecule has 1 aromatic carbocycles. The second-order valence-electron chi connectivity index (χ2n) is 4.96. The average molecular weight is 300 g/mol. The first-order chi connectivity index (χ1) is 9.78. The van der Waals surface area contributed by atoms with Gasteiger partial charge in [0.1, 0.15) is 6.04 Å². The Balaban J connectivity index is 2.18. The Morgan fingerprint density at radius 3 is 2.71 bits per heavy atom. The molecule has 0 saturated heterocycles. The second-order valence-corrected chi connectivity index (χ2v) is 4.96. The van der Waals surface area contributed by atoms with Crippen molar-refractivity contribution in [3.63, 3.8) is 0 Å². The van der Waals surface area contributed by atoms with E-state index in [1.807, 2.05) is 0 Å². The van der Waals surface area contributed by atoms with Crippen LogP contribution in [0.25, 0.3) is 0 Å². The van der Waals surface area contributed by atoms with Gasteiger partial charge in [-0.05, 0) is 18.6 Å². The molecule has 0 aromatic heterocycles. The fraction of sp³-hybridized carbons (Fsp3) is 0.429. The summed E-state index contributed by atoms with van der Waals surface area (Å²) < 4.78 is 36.7. The molecule has 0 fully saturated rings. The molecule has 0 saturated carbocycles. The maximum atomic E-state index is 12.2. The zero-order valence-electron chi connectivity index (χ0n) is 11.4. The molecular weight excluding hydrogens is 285 g/mol. The van der Waals surface area contributed by atoms with E-state index in [0.717, 1.165) is 0 Å². The van der Waals surface area contributed by atoms with Crippen molar-refractivity contribution in [2.75, 3.05) is 5.32 Å². The summed E-state index contributed by atoms with van der Waals surface area (Å²) >= 11 is 0. The van der Waals surface area contributed by atoms with E-state index in [2.05, 4.69) is 5.32 Å². The lowest BCUT2D eigenvalue weighted by Gasteiger charge is -2.26. The maximum absolute atomic E-state index is 12.2. The third-order valence-corrected chi connectivity index (χ3v) is 3.41. The number of hydrogen-bond donors (Lipinski definition) is 1. The van der Waals surface area contributed by atoms with Crippen LogP contribution >= 0.6 is 0 Å². The minimum atomic E-state index is -4.38. The third kappa shape index (κ3) is 3.74. The van der Waals surface area contributed by atoms with Crippen LogP contribution < -0.4 is 5.32 Å². The Morgan fingerprint density at radius 2 is 2.05 bits per heavy atom. The van der Waals surface area contributed by atoms with Gasteiger partial charge >= 0.3 is 6.18 Å². The Kier molecular flexibility index (Phi) is 4.20. The summed E-state index contributed by atoms with van der Waals surface area (Å²) in [5.41, 5.74) is 1.29. The Hall–Kier alpha value is -2.05. The van der Waals surface area contributed by atoms with Gasteiger partial charge in [-0.3, -0.25) is 9.59 Å². The molecule has 0 spiro atoms. The number of carbonyl (C=O) groups excluding carboxylic acids is 2. The number of hydrogen-bond acceptors (Lipinski definition) is 2. The lowest BCUT2D eigenvalue weighted by atomic mass is 10.1. The molecule has 1 heterocycles. The SMILES string of the molecule is CC1C(=O)Nc2ccccc2CN1C(=O)CCC(F)(F)F. The van der Waals surface area contributed by atoms with E-state index < -0.39 is 36.9 Å². The molecule has 1 unspecified atom stereocenters. The number of halogens is 3. The molecule has 4 nitrogen and oxygen atoms in total. The van der Waals surface area contributed by atoms with Gasteiger partial charge in [-0.25, -0.2) is 0 Å². The predicted molar refractivity (Wildman–Crippen MR) is 70.4 cm³/mol. The number of alkyl halides is 3. The summed E-state index contributed by atoms with van der Waals surface area (Å²) in [6.45, 7) is 1.62. The molecule has 2 rings (SSSR count). The molecule has 1 aliphatic heterocycles. The van der Waals surface area contributed by atoms with Gasteiger partial charge in [0, 0.05) is 18.7 Å². The van der Waals surface area contributed by atoms with Crippen molar-refractivity contribution >= 4 is 17.5 Å². The summed E-state index contributed by atoms with van der Waals surface area (Å²) in [4.78, 5) is 25.2. The quantitative estimate of drug-likeness (QED) is 0.913. The van der Waals surface area contributed by atoms with Crippen molar-refractivity contribution < 1.29 is 22.8 Å². The molecule has 0 radical (unpaired) electrons. The van der Waals surface area contributed by atoms with Crippen LogP contribution in [-0.2, 0) is 16.1 Å². The van der Waals surface area contributed by atoms with Crippen LogP contribution in [0.2, 0.25) is 0 Å². The fourth-order valence-electron chi connectivity index (χ4n) is 2.18. The van der Waals surface area contributed by atoms with Crippen LogP contribution in [0.4, 0.5) is 18.9 Å². The van der Waals surface area contributed by atoms with Crippen molar-refractivity contribution in [1.82, 2.24) is 4.90 Å². The van der Waals surface area contributed by atoms with Crippen LogP contribution in [0, 0.1) is 0 Å². The number of nitrogens with one attached hydrogen (secondary N) is 1. The van der Waals surface area contributed by atoms with Gasteiger partial charge in [0.25, 0.3) is 0 Å². The van der Waals surface area contributed by atoms with E-state index in [1.165, 1.54) is 11.8 Å². The normalized spacial score (nSPS) is 18.8. The zero-order valence-corrected chi connectivity index (χ0v) is 11.4. The molecule has 21 heavy (non-hydrogen) atoms. The van der Waals surface area contributed by atoms with Crippen molar-refractivity contribution in [3.8, 4) is 0 Å².